The summed E-state index contributed by atoms with van der Waals surface area (Å²) in [6, 6.07) is 6.33. The van der Waals surface area contributed by atoms with Crippen molar-refractivity contribution in [3.05, 3.63) is 22.7 Å². The lowest BCUT2D eigenvalue weighted by Gasteiger charge is -2.37. The van der Waals surface area contributed by atoms with Crippen LogP contribution in [-0.2, 0) is 4.74 Å². The van der Waals surface area contributed by atoms with Gasteiger partial charge in [-0.3, -0.25) is 0 Å². The van der Waals surface area contributed by atoms with Crippen molar-refractivity contribution in [2.24, 2.45) is 0 Å². The number of halogens is 1. The lowest BCUT2D eigenvalue weighted by Crippen LogP contribution is -2.50. The lowest BCUT2D eigenvalue weighted by molar-refractivity contribution is 0.0475. The van der Waals surface area contributed by atoms with Gasteiger partial charge in [0, 0.05) is 16.6 Å². The molecule has 0 bridgehead atoms. The molecule has 1 amide bonds. The van der Waals surface area contributed by atoms with Crippen LogP contribution in [-0.4, -0.2) is 30.9 Å². The highest BCUT2D eigenvalue weighted by atomic mass is 79.9. The van der Waals surface area contributed by atoms with Crippen molar-refractivity contribution in [2.45, 2.75) is 51.3 Å². The van der Waals surface area contributed by atoms with Crippen molar-refractivity contribution in [3.63, 3.8) is 0 Å². The van der Waals surface area contributed by atoms with Gasteiger partial charge in [-0.25, -0.2) is 4.79 Å². The second-order valence-corrected chi connectivity index (χ2v) is 7.42. The molecule has 1 aliphatic rings. The van der Waals surface area contributed by atoms with Crippen molar-refractivity contribution in [1.82, 2.24) is 5.32 Å². The van der Waals surface area contributed by atoms with Crippen LogP contribution in [0.1, 0.15) is 33.6 Å². The van der Waals surface area contributed by atoms with Gasteiger partial charge in [0.1, 0.15) is 11.4 Å². The number of alkyl carbamates (subject to hydrolysis) is 1. The zero-order valence-corrected chi connectivity index (χ0v) is 15.0. The molecule has 22 heavy (non-hydrogen) atoms. The molecular formula is C16H23BrN2O3. The largest absolute Gasteiger partial charge is 0.495 e. The summed E-state index contributed by atoms with van der Waals surface area (Å²) in [5.41, 5.74) is 0.493. The van der Waals surface area contributed by atoms with Crippen LogP contribution < -0.4 is 15.4 Å². The van der Waals surface area contributed by atoms with Gasteiger partial charge < -0.3 is 20.1 Å². The molecule has 2 N–H and O–H groups in total. The Hall–Kier alpha value is -1.43. The Morgan fingerprint density at radius 2 is 1.95 bits per heavy atom. The highest BCUT2D eigenvalue weighted by Gasteiger charge is 2.32. The van der Waals surface area contributed by atoms with Gasteiger partial charge in [0.2, 0.25) is 0 Å². The number of carbonyl (C=O) groups excluding carboxylic acids is 1. The molecule has 5 nitrogen and oxygen atoms in total. The van der Waals surface area contributed by atoms with E-state index in [0.717, 1.165) is 28.8 Å². The first-order chi connectivity index (χ1) is 10.3. The number of benzene rings is 1. The van der Waals surface area contributed by atoms with Crippen LogP contribution in [0.4, 0.5) is 10.5 Å². The maximum absolute atomic E-state index is 11.7. The molecule has 0 aromatic heterocycles. The third-order valence-electron chi connectivity index (χ3n) is 3.38. The van der Waals surface area contributed by atoms with Gasteiger partial charge >= 0.3 is 6.09 Å². The molecule has 0 atom stereocenters. The lowest BCUT2D eigenvalue weighted by atomic mass is 9.86. The molecule has 6 heteroatoms. The van der Waals surface area contributed by atoms with Crippen LogP contribution in [0.5, 0.6) is 5.75 Å². The second-order valence-electron chi connectivity index (χ2n) is 6.50. The molecule has 0 spiro atoms. The van der Waals surface area contributed by atoms with Gasteiger partial charge in [0.05, 0.1) is 12.8 Å². The van der Waals surface area contributed by atoms with Crippen LogP contribution >= 0.6 is 15.9 Å². The van der Waals surface area contributed by atoms with E-state index >= 15 is 0 Å². The fourth-order valence-corrected chi connectivity index (χ4v) is 2.70. The van der Waals surface area contributed by atoms with Crippen LogP contribution in [0.3, 0.4) is 0 Å². The predicted molar refractivity (Wildman–Crippen MR) is 90.5 cm³/mol. The maximum Gasteiger partial charge on any atom is 0.407 e. The zero-order chi connectivity index (χ0) is 16.3. The van der Waals surface area contributed by atoms with E-state index in [2.05, 4.69) is 26.6 Å². The average Bonchev–Trinajstić information content (AvgIpc) is 2.34. The van der Waals surface area contributed by atoms with Gasteiger partial charge in [0.25, 0.3) is 0 Å². The minimum atomic E-state index is -0.463. The summed E-state index contributed by atoms with van der Waals surface area (Å²) in [5, 5.41) is 6.33. The maximum atomic E-state index is 11.7. The van der Waals surface area contributed by atoms with Gasteiger partial charge in [0.15, 0.2) is 0 Å². The molecule has 1 aliphatic carbocycles. The summed E-state index contributed by atoms with van der Waals surface area (Å²) < 4.78 is 11.6. The van der Waals surface area contributed by atoms with Crippen molar-refractivity contribution in [1.29, 1.82) is 0 Å². The minimum absolute atomic E-state index is 0.158. The molecule has 0 radical (unpaired) electrons. The number of methoxy groups -OCH3 is 1. The quantitative estimate of drug-likeness (QED) is 0.842. The van der Waals surface area contributed by atoms with Gasteiger partial charge in [-0.05, 0) is 51.8 Å². The summed E-state index contributed by atoms with van der Waals surface area (Å²) in [6.07, 6.45) is 1.39. The van der Waals surface area contributed by atoms with Crippen molar-refractivity contribution in [2.75, 3.05) is 12.4 Å². The number of carbonyl (C=O) groups is 1. The SMILES string of the molecule is COc1ccc(Br)cc1NC1CC(NC(=O)OC(C)(C)C)C1. The van der Waals surface area contributed by atoms with E-state index in [4.69, 9.17) is 9.47 Å². The number of rotatable bonds is 4. The topological polar surface area (TPSA) is 59.6 Å². The molecule has 0 saturated heterocycles. The molecule has 122 valence electrons. The molecule has 1 aromatic carbocycles. The van der Waals surface area contributed by atoms with E-state index in [0.29, 0.717) is 6.04 Å². The average molecular weight is 371 g/mol. The molecule has 1 saturated carbocycles. The predicted octanol–water partition coefficient (Wildman–Crippen LogP) is 3.93. The highest BCUT2D eigenvalue weighted by Crippen LogP contribution is 2.32. The van der Waals surface area contributed by atoms with Crippen LogP contribution in [0.25, 0.3) is 0 Å². The molecule has 0 heterocycles. The first-order valence-corrected chi connectivity index (χ1v) is 8.16. The third kappa shape index (κ3) is 4.80. The van der Waals surface area contributed by atoms with E-state index < -0.39 is 5.60 Å². The van der Waals surface area contributed by atoms with Crippen LogP contribution in [0, 0.1) is 0 Å². The highest BCUT2D eigenvalue weighted by molar-refractivity contribution is 9.10. The molecule has 1 fully saturated rings. The van der Waals surface area contributed by atoms with Crippen molar-refractivity contribution in [3.8, 4) is 5.75 Å². The monoisotopic (exact) mass is 370 g/mol. The van der Waals surface area contributed by atoms with E-state index in [9.17, 15) is 4.79 Å². The third-order valence-corrected chi connectivity index (χ3v) is 3.87. The first-order valence-electron chi connectivity index (χ1n) is 7.36. The Morgan fingerprint density at radius 1 is 1.27 bits per heavy atom. The summed E-state index contributed by atoms with van der Waals surface area (Å²) in [4.78, 5) is 11.7. The van der Waals surface area contributed by atoms with E-state index in [-0.39, 0.29) is 12.1 Å². The van der Waals surface area contributed by atoms with Crippen molar-refractivity contribution >= 4 is 27.7 Å². The van der Waals surface area contributed by atoms with Crippen LogP contribution in [0.15, 0.2) is 22.7 Å². The van der Waals surface area contributed by atoms with Crippen molar-refractivity contribution < 1.29 is 14.3 Å². The smallest absolute Gasteiger partial charge is 0.407 e. The normalized spacial score (nSPS) is 20.8. The van der Waals surface area contributed by atoms with Gasteiger partial charge in [-0.15, -0.1) is 0 Å². The number of hydrogen-bond acceptors (Lipinski definition) is 4. The summed E-state index contributed by atoms with van der Waals surface area (Å²) >= 11 is 3.46. The Morgan fingerprint density at radius 3 is 2.55 bits per heavy atom. The molecule has 2 rings (SSSR count). The van der Waals surface area contributed by atoms with Gasteiger partial charge in [-0.2, -0.15) is 0 Å². The standard InChI is InChI=1S/C16H23BrN2O3/c1-16(2,3)22-15(20)19-12-8-11(9-12)18-13-7-10(17)5-6-14(13)21-4/h5-7,11-12,18H,8-9H2,1-4H3,(H,19,20). The number of amides is 1. The van der Waals surface area contributed by atoms with Crippen LogP contribution in [0.2, 0.25) is 0 Å². The van der Waals surface area contributed by atoms with E-state index in [1.807, 2.05) is 39.0 Å². The Labute approximate surface area is 139 Å². The fourth-order valence-electron chi connectivity index (χ4n) is 2.34. The Balaban J connectivity index is 1.80. The molecule has 1 aromatic rings. The molecule has 0 unspecified atom stereocenters. The molecule has 0 aliphatic heterocycles. The fraction of sp³-hybridized carbons (Fsp3) is 0.562. The second kappa shape index (κ2) is 6.77. The Kier molecular flexibility index (Phi) is 5.21. The molecular weight excluding hydrogens is 348 g/mol. The summed E-state index contributed by atoms with van der Waals surface area (Å²) in [7, 11) is 1.65. The van der Waals surface area contributed by atoms with E-state index in [1.165, 1.54) is 0 Å². The Bertz CT molecular complexity index is 537. The van der Waals surface area contributed by atoms with E-state index in [1.54, 1.807) is 7.11 Å². The van der Waals surface area contributed by atoms with Gasteiger partial charge in [-0.1, -0.05) is 15.9 Å². The summed E-state index contributed by atoms with van der Waals surface area (Å²) in [5.74, 6) is 0.812. The minimum Gasteiger partial charge on any atom is -0.495 e. The summed E-state index contributed by atoms with van der Waals surface area (Å²) in [6.45, 7) is 5.58. The zero-order valence-electron chi connectivity index (χ0n) is 13.4. The number of ether oxygens (including phenoxy) is 2. The number of hydrogen-bond donors (Lipinski definition) is 2. The number of anilines is 1. The number of nitrogens with one attached hydrogen (secondary N) is 2. The first kappa shape index (κ1) is 16.9.